The van der Waals surface area contributed by atoms with Crippen molar-refractivity contribution in [3.63, 3.8) is 0 Å². The molecule has 5 nitrogen and oxygen atoms in total. The number of carboxylic acids is 1. The highest BCUT2D eigenvalue weighted by molar-refractivity contribution is 5.79. The lowest BCUT2D eigenvalue weighted by molar-refractivity contribution is -0.137. The van der Waals surface area contributed by atoms with Gasteiger partial charge in [0.25, 0.3) is 5.91 Å². The van der Waals surface area contributed by atoms with Crippen LogP contribution in [0.25, 0.3) is 0 Å². The molecule has 0 aliphatic heterocycles. The van der Waals surface area contributed by atoms with E-state index in [1.165, 1.54) is 0 Å². The van der Waals surface area contributed by atoms with Crippen molar-refractivity contribution in [2.24, 2.45) is 0 Å². The molecule has 0 unspecified atom stereocenters. The van der Waals surface area contributed by atoms with Gasteiger partial charge in [-0.1, -0.05) is 42.5 Å². The average molecular weight is 313 g/mol. The zero-order valence-corrected chi connectivity index (χ0v) is 12.9. The molecule has 2 N–H and O–H groups in total. The molecule has 0 radical (unpaired) electrons. The maximum Gasteiger partial charge on any atom is 0.305 e. The number of carbonyl (C=O) groups excluding carboxylic acids is 1. The molecule has 2 aromatic carbocycles. The van der Waals surface area contributed by atoms with Gasteiger partial charge >= 0.3 is 5.97 Å². The van der Waals surface area contributed by atoms with Gasteiger partial charge in [0.2, 0.25) is 0 Å². The van der Waals surface area contributed by atoms with Crippen LogP contribution in [0.1, 0.15) is 23.6 Å². The Bertz CT molecular complexity index is 670. The number of aliphatic carboxylic acids is 1. The van der Waals surface area contributed by atoms with Gasteiger partial charge in [0.1, 0.15) is 5.75 Å². The Morgan fingerprint density at radius 2 is 1.87 bits per heavy atom. The molecule has 23 heavy (non-hydrogen) atoms. The van der Waals surface area contributed by atoms with Crippen molar-refractivity contribution in [1.82, 2.24) is 5.32 Å². The van der Waals surface area contributed by atoms with Gasteiger partial charge < -0.3 is 15.2 Å². The van der Waals surface area contributed by atoms with Gasteiger partial charge in [0.15, 0.2) is 6.61 Å². The lowest BCUT2D eigenvalue weighted by Crippen LogP contribution is -2.33. The molecular weight excluding hydrogens is 294 g/mol. The topological polar surface area (TPSA) is 75.6 Å². The molecule has 0 saturated heterocycles. The van der Waals surface area contributed by atoms with Crippen molar-refractivity contribution in [2.45, 2.75) is 19.4 Å². The summed E-state index contributed by atoms with van der Waals surface area (Å²) in [6.07, 6.45) is -0.180. The summed E-state index contributed by atoms with van der Waals surface area (Å²) in [5.41, 5.74) is 1.79. The van der Waals surface area contributed by atoms with Crippen molar-refractivity contribution >= 4 is 11.9 Å². The van der Waals surface area contributed by atoms with Gasteiger partial charge in [-0.15, -0.1) is 0 Å². The van der Waals surface area contributed by atoms with Gasteiger partial charge in [-0.2, -0.15) is 0 Å². The Kier molecular flexibility index (Phi) is 5.74. The summed E-state index contributed by atoms with van der Waals surface area (Å²) in [6.45, 7) is 1.78. The average Bonchev–Trinajstić information content (AvgIpc) is 2.53. The maximum absolute atomic E-state index is 12.0. The van der Waals surface area contributed by atoms with Crippen molar-refractivity contribution < 1.29 is 19.4 Å². The lowest BCUT2D eigenvalue weighted by atomic mass is 10.0. The highest BCUT2D eigenvalue weighted by Crippen LogP contribution is 2.17. The molecule has 0 aliphatic carbocycles. The minimum absolute atomic E-state index is 0.160. The summed E-state index contributed by atoms with van der Waals surface area (Å²) in [7, 11) is 0. The Morgan fingerprint density at radius 3 is 2.52 bits per heavy atom. The molecule has 2 aromatic rings. The summed E-state index contributed by atoms with van der Waals surface area (Å²) in [4.78, 5) is 23.0. The number of hydrogen-bond acceptors (Lipinski definition) is 3. The van der Waals surface area contributed by atoms with Gasteiger partial charge in [0, 0.05) is 0 Å². The molecule has 1 amide bonds. The number of benzene rings is 2. The van der Waals surface area contributed by atoms with Crippen LogP contribution in [-0.2, 0) is 9.59 Å². The third kappa shape index (κ3) is 5.47. The molecular formula is C18H19NO4. The molecule has 0 heterocycles. The molecule has 0 aromatic heterocycles. The van der Waals surface area contributed by atoms with Crippen molar-refractivity contribution in [1.29, 1.82) is 0 Å². The van der Waals surface area contributed by atoms with Crippen LogP contribution in [0, 0.1) is 6.92 Å². The summed E-state index contributed by atoms with van der Waals surface area (Å²) in [5.74, 6) is -0.727. The zero-order chi connectivity index (χ0) is 16.7. The number of rotatable bonds is 7. The van der Waals surface area contributed by atoms with Crippen molar-refractivity contribution in [3.05, 3.63) is 65.7 Å². The fourth-order valence-electron chi connectivity index (χ4n) is 2.20. The fraction of sp³-hybridized carbons (Fsp3) is 0.222. The van der Waals surface area contributed by atoms with E-state index in [0.717, 1.165) is 11.1 Å². The highest BCUT2D eigenvalue weighted by Gasteiger charge is 2.18. The largest absolute Gasteiger partial charge is 0.484 e. The number of hydrogen-bond donors (Lipinski definition) is 2. The summed E-state index contributed by atoms with van der Waals surface area (Å²) < 4.78 is 5.43. The van der Waals surface area contributed by atoms with Crippen LogP contribution < -0.4 is 10.1 Å². The third-order valence-corrected chi connectivity index (χ3v) is 3.28. The van der Waals surface area contributed by atoms with Crippen LogP contribution in [0.5, 0.6) is 5.75 Å². The van der Waals surface area contributed by atoms with Gasteiger partial charge in [-0.3, -0.25) is 9.59 Å². The van der Waals surface area contributed by atoms with E-state index in [4.69, 9.17) is 9.84 Å². The summed E-state index contributed by atoms with van der Waals surface area (Å²) >= 11 is 0. The van der Waals surface area contributed by atoms with E-state index in [1.807, 2.05) is 31.2 Å². The molecule has 0 saturated carbocycles. The first kappa shape index (κ1) is 16.5. The number of carbonyl (C=O) groups is 2. The fourth-order valence-corrected chi connectivity index (χ4v) is 2.20. The van der Waals surface area contributed by atoms with Gasteiger partial charge in [-0.25, -0.2) is 0 Å². The highest BCUT2D eigenvalue weighted by atomic mass is 16.5. The number of amides is 1. The summed E-state index contributed by atoms with van der Waals surface area (Å²) in [6, 6.07) is 15.8. The van der Waals surface area contributed by atoms with E-state index < -0.39 is 12.0 Å². The van der Waals surface area contributed by atoms with E-state index in [9.17, 15) is 9.59 Å². The molecule has 5 heteroatoms. The second kappa shape index (κ2) is 7.98. The number of nitrogens with one attached hydrogen (secondary N) is 1. The molecule has 0 bridgehead atoms. The Morgan fingerprint density at radius 1 is 1.13 bits per heavy atom. The van der Waals surface area contributed by atoms with E-state index in [0.29, 0.717) is 5.75 Å². The second-order valence-corrected chi connectivity index (χ2v) is 5.23. The maximum atomic E-state index is 12.0. The van der Waals surface area contributed by atoms with Crippen molar-refractivity contribution in [2.75, 3.05) is 6.61 Å². The molecule has 0 fully saturated rings. The Hall–Kier alpha value is -2.82. The SMILES string of the molecule is Cc1cccc(OCC(=O)N[C@H](CC(=O)O)c2ccccc2)c1. The first-order valence-electron chi connectivity index (χ1n) is 7.30. The zero-order valence-electron chi connectivity index (χ0n) is 12.9. The van der Waals surface area contributed by atoms with Crippen LogP contribution in [0.2, 0.25) is 0 Å². The molecule has 120 valence electrons. The first-order chi connectivity index (χ1) is 11.0. The molecule has 0 aliphatic rings. The minimum Gasteiger partial charge on any atom is -0.484 e. The van der Waals surface area contributed by atoms with Crippen LogP contribution in [0.15, 0.2) is 54.6 Å². The van der Waals surface area contributed by atoms with Crippen LogP contribution in [0.3, 0.4) is 0 Å². The Balaban J connectivity index is 1.96. The second-order valence-electron chi connectivity index (χ2n) is 5.23. The van der Waals surface area contributed by atoms with Crippen LogP contribution >= 0.6 is 0 Å². The van der Waals surface area contributed by atoms with E-state index in [1.54, 1.807) is 30.3 Å². The first-order valence-corrected chi connectivity index (χ1v) is 7.30. The van der Waals surface area contributed by atoms with E-state index in [2.05, 4.69) is 5.32 Å². The number of carboxylic acid groups (broad SMARTS) is 1. The smallest absolute Gasteiger partial charge is 0.305 e. The monoisotopic (exact) mass is 313 g/mol. The number of ether oxygens (including phenoxy) is 1. The van der Waals surface area contributed by atoms with Crippen molar-refractivity contribution in [3.8, 4) is 5.75 Å². The lowest BCUT2D eigenvalue weighted by Gasteiger charge is -2.17. The summed E-state index contributed by atoms with van der Waals surface area (Å²) in [5, 5.41) is 11.7. The molecule has 0 spiro atoms. The minimum atomic E-state index is -0.973. The van der Waals surface area contributed by atoms with Gasteiger partial charge in [-0.05, 0) is 30.2 Å². The molecule has 1 atom stereocenters. The van der Waals surface area contributed by atoms with E-state index >= 15 is 0 Å². The normalized spacial score (nSPS) is 11.5. The Labute approximate surface area is 134 Å². The van der Waals surface area contributed by atoms with Crippen LogP contribution in [0.4, 0.5) is 0 Å². The molecule has 2 rings (SSSR count). The van der Waals surface area contributed by atoms with E-state index in [-0.39, 0.29) is 18.9 Å². The predicted molar refractivity (Wildman–Crippen MR) is 86.3 cm³/mol. The predicted octanol–water partition coefficient (Wildman–Crippen LogP) is 2.71. The quantitative estimate of drug-likeness (QED) is 0.824. The third-order valence-electron chi connectivity index (χ3n) is 3.28. The van der Waals surface area contributed by atoms with Gasteiger partial charge in [0.05, 0.1) is 12.5 Å². The van der Waals surface area contributed by atoms with Crippen LogP contribution in [-0.4, -0.2) is 23.6 Å². The standard InChI is InChI=1S/C18H19NO4/c1-13-6-5-9-15(10-13)23-12-17(20)19-16(11-18(21)22)14-7-3-2-4-8-14/h2-10,16H,11-12H2,1H3,(H,19,20)(H,21,22)/t16-/m1/s1. The number of aryl methyl sites for hydroxylation is 1.